The number of amides is 6. The van der Waals surface area contributed by atoms with Crippen LogP contribution in [0.3, 0.4) is 0 Å². The number of aryl methyl sites for hydroxylation is 4. The fourth-order valence-electron chi connectivity index (χ4n) is 11.0. The fourth-order valence-corrected chi connectivity index (χ4v) is 11.0. The molecule has 4 aromatic rings. The van der Waals surface area contributed by atoms with Crippen molar-refractivity contribution in [2.45, 2.75) is 152 Å². The maximum atomic E-state index is 14.8. The van der Waals surface area contributed by atoms with Crippen LogP contribution in [0, 0.1) is 0 Å². The molecule has 0 radical (unpaired) electrons. The minimum Gasteiger partial charge on any atom is -0.347 e. The number of nitrogens with one attached hydrogen (secondary N) is 6. The molecule has 3 aliphatic heterocycles. The van der Waals surface area contributed by atoms with E-state index in [1.165, 1.54) is 11.1 Å². The van der Waals surface area contributed by atoms with Gasteiger partial charge >= 0.3 is 0 Å². The van der Waals surface area contributed by atoms with Crippen LogP contribution in [-0.4, -0.2) is 139 Å². The van der Waals surface area contributed by atoms with Crippen LogP contribution in [0.2, 0.25) is 0 Å². The van der Waals surface area contributed by atoms with Gasteiger partial charge in [0.1, 0.15) is 35.6 Å². The Morgan fingerprint density at radius 1 is 0.571 bits per heavy atom. The van der Waals surface area contributed by atoms with Crippen molar-refractivity contribution in [3.63, 3.8) is 0 Å². The zero-order chi connectivity index (χ0) is 49.1. The van der Waals surface area contributed by atoms with E-state index in [0.29, 0.717) is 74.6 Å². The van der Waals surface area contributed by atoms with Crippen molar-refractivity contribution in [1.82, 2.24) is 71.7 Å². The third kappa shape index (κ3) is 9.92. The lowest BCUT2D eigenvalue weighted by molar-refractivity contribution is -0.141. The molecule has 70 heavy (non-hydrogen) atoms. The Balaban J connectivity index is 0.970. The van der Waals surface area contributed by atoms with Gasteiger partial charge in [-0.25, -0.2) is 9.36 Å². The Morgan fingerprint density at radius 3 is 1.40 bits per heavy atom. The lowest BCUT2D eigenvalue weighted by atomic mass is 9.87. The van der Waals surface area contributed by atoms with Gasteiger partial charge in [0.2, 0.25) is 35.4 Å². The van der Waals surface area contributed by atoms with E-state index in [1.54, 1.807) is 47.1 Å². The van der Waals surface area contributed by atoms with E-state index in [4.69, 9.17) is 0 Å². The number of carbonyl (C=O) groups is 6. The Morgan fingerprint density at radius 2 is 0.986 bits per heavy atom. The standard InChI is InChI=1S/C50H66N14O6/c1-29(51-3)45(65)55-39(49(69)61-23-11-21-41(61)47(67)53-35-19-9-15-31-13-5-7-17-33(31)35)27-37-43-44-38(58-60-64(44)26-25-63(43)59-57-37)28-40(56-46(66)30(2)52-4)50(70)62-24-12-22-42(62)48(68)54-36-20-10-16-32-14-6-8-18-34(32)36/h5-8,13-14,17-18,29-30,35-36,39-42,51-52H,9-12,15-16,19-28H2,1-4H3,(H,53,67)(H,54,68)(H,55,65)(H,56,66)/t29-,30-,35+,36+,39-,40?,41-,42-/m0/s1. The van der Waals surface area contributed by atoms with Crippen LogP contribution < -0.4 is 31.9 Å². The molecule has 372 valence electrons. The second kappa shape index (κ2) is 21.2. The van der Waals surface area contributed by atoms with Crippen LogP contribution in [0.15, 0.2) is 48.5 Å². The summed E-state index contributed by atoms with van der Waals surface area (Å²) in [5, 5.41) is 36.4. The van der Waals surface area contributed by atoms with E-state index in [2.05, 4.69) is 76.8 Å². The van der Waals surface area contributed by atoms with E-state index in [-0.39, 0.29) is 36.7 Å². The Bertz CT molecular complexity index is 2440. The topological polar surface area (TPSA) is 242 Å². The number of aromatic nitrogens is 6. The number of fused-ring (bicyclic) bond motifs is 5. The van der Waals surface area contributed by atoms with Gasteiger partial charge < -0.3 is 41.7 Å². The van der Waals surface area contributed by atoms with Gasteiger partial charge in [0, 0.05) is 25.9 Å². The van der Waals surface area contributed by atoms with Gasteiger partial charge in [-0.2, -0.15) is 0 Å². The maximum Gasteiger partial charge on any atom is 0.246 e. The first kappa shape index (κ1) is 48.5. The molecule has 2 saturated heterocycles. The highest BCUT2D eigenvalue weighted by molar-refractivity contribution is 5.95. The molecule has 8 atom stereocenters. The van der Waals surface area contributed by atoms with E-state index in [9.17, 15) is 28.8 Å². The summed E-state index contributed by atoms with van der Waals surface area (Å²) in [6, 6.07) is 11.0. The predicted octanol–water partition coefficient (Wildman–Crippen LogP) is 1.19. The minimum atomic E-state index is -1.12. The highest BCUT2D eigenvalue weighted by Crippen LogP contribution is 2.34. The SMILES string of the molecule is CN[C@@H](C)C(=O)NC(Cc1nnn2c1-c1c(C[C@H](NC(=O)[C@H](C)NC)C(=O)N3CCC[C@H]3C(=O)N[C@@H]3CCCc4ccccc43)nnn1CC2)C(=O)N1CCC[C@H]1C(=O)N[C@@H]1CCCc2ccccc21. The van der Waals surface area contributed by atoms with Crippen LogP contribution in [-0.2, 0) is 67.5 Å². The summed E-state index contributed by atoms with van der Waals surface area (Å²) in [5.41, 5.74) is 6.43. The van der Waals surface area contributed by atoms with Crippen molar-refractivity contribution >= 4 is 35.4 Å². The van der Waals surface area contributed by atoms with Crippen molar-refractivity contribution in [3.05, 3.63) is 82.2 Å². The lowest BCUT2D eigenvalue weighted by Gasteiger charge is -2.32. The zero-order valence-corrected chi connectivity index (χ0v) is 40.6. The average molecular weight is 959 g/mol. The first-order valence-electron chi connectivity index (χ1n) is 25.1. The molecule has 20 nitrogen and oxygen atoms in total. The number of benzene rings is 2. The Labute approximate surface area is 407 Å². The molecular formula is C50H66N14O6. The number of carbonyl (C=O) groups excluding carboxylic acids is 6. The van der Waals surface area contributed by atoms with Gasteiger partial charge in [-0.1, -0.05) is 59.0 Å². The summed E-state index contributed by atoms with van der Waals surface area (Å²) in [7, 11) is 3.32. The maximum absolute atomic E-state index is 14.8. The summed E-state index contributed by atoms with van der Waals surface area (Å²) >= 11 is 0. The van der Waals surface area contributed by atoms with Gasteiger partial charge in [0.05, 0.1) is 48.6 Å². The molecule has 6 amide bonds. The summed E-state index contributed by atoms with van der Waals surface area (Å²) < 4.78 is 3.40. The first-order chi connectivity index (χ1) is 33.9. The highest BCUT2D eigenvalue weighted by atomic mass is 16.2. The summed E-state index contributed by atoms with van der Waals surface area (Å²) in [6.07, 6.45) is 7.47. The largest absolute Gasteiger partial charge is 0.347 e. The third-order valence-corrected chi connectivity index (χ3v) is 15.1. The molecule has 20 heteroatoms. The van der Waals surface area contributed by atoms with E-state index in [0.717, 1.165) is 49.7 Å². The molecule has 0 saturated carbocycles. The van der Waals surface area contributed by atoms with Gasteiger partial charge in [-0.3, -0.25) is 28.8 Å². The fraction of sp³-hybridized carbons (Fsp3) is 0.560. The molecule has 2 fully saturated rings. The van der Waals surface area contributed by atoms with Crippen LogP contribution >= 0.6 is 0 Å². The van der Waals surface area contributed by atoms with E-state index >= 15 is 0 Å². The zero-order valence-electron chi connectivity index (χ0n) is 40.6. The highest BCUT2D eigenvalue weighted by Gasteiger charge is 2.43. The monoisotopic (exact) mass is 959 g/mol. The van der Waals surface area contributed by atoms with Crippen molar-refractivity contribution in [2.24, 2.45) is 0 Å². The van der Waals surface area contributed by atoms with E-state index < -0.39 is 59.9 Å². The van der Waals surface area contributed by atoms with E-state index in [1.807, 2.05) is 24.3 Å². The normalized spacial score (nSPS) is 22.1. The Kier molecular flexibility index (Phi) is 14.7. The van der Waals surface area contributed by atoms with Gasteiger partial charge in [-0.15, -0.1) is 10.2 Å². The summed E-state index contributed by atoms with van der Waals surface area (Å²) in [5.74, 6) is -2.08. The van der Waals surface area contributed by atoms with Crippen LogP contribution in [0.25, 0.3) is 11.4 Å². The molecule has 5 heterocycles. The molecule has 0 spiro atoms. The molecule has 2 aromatic carbocycles. The third-order valence-electron chi connectivity index (χ3n) is 15.1. The number of rotatable bonds is 16. The Hall–Kier alpha value is -6.54. The van der Waals surface area contributed by atoms with Crippen molar-refractivity contribution in [3.8, 4) is 11.4 Å². The smallest absolute Gasteiger partial charge is 0.246 e. The van der Waals surface area contributed by atoms with Crippen molar-refractivity contribution in [1.29, 1.82) is 0 Å². The first-order valence-corrected chi connectivity index (χ1v) is 25.1. The summed E-state index contributed by atoms with van der Waals surface area (Å²) in [6.45, 7) is 4.84. The van der Waals surface area contributed by atoms with Crippen LogP contribution in [0.5, 0.6) is 0 Å². The molecule has 6 N–H and O–H groups in total. The van der Waals surface area contributed by atoms with Crippen molar-refractivity contribution in [2.75, 3.05) is 27.2 Å². The second-order valence-corrected chi connectivity index (χ2v) is 19.5. The quantitative estimate of drug-likeness (QED) is 0.0929. The molecule has 9 rings (SSSR count). The molecule has 0 bridgehead atoms. The predicted molar refractivity (Wildman–Crippen MR) is 257 cm³/mol. The molecule has 2 aliphatic carbocycles. The number of hydrogen-bond donors (Lipinski definition) is 6. The minimum absolute atomic E-state index is 0.0728. The molecular weight excluding hydrogens is 893 g/mol. The summed E-state index contributed by atoms with van der Waals surface area (Å²) in [4.78, 5) is 88.2. The molecule has 2 aromatic heterocycles. The molecule has 1 unspecified atom stereocenters. The van der Waals surface area contributed by atoms with Crippen LogP contribution in [0.4, 0.5) is 0 Å². The van der Waals surface area contributed by atoms with Gasteiger partial charge in [-0.05, 0) is 114 Å². The van der Waals surface area contributed by atoms with Gasteiger partial charge in [0.25, 0.3) is 0 Å². The van der Waals surface area contributed by atoms with Crippen LogP contribution in [0.1, 0.15) is 111 Å². The molecule has 5 aliphatic rings. The number of nitrogens with zero attached hydrogens (tertiary/aromatic N) is 8. The average Bonchev–Trinajstić information content (AvgIpc) is 4.22. The lowest BCUT2D eigenvalue weighted by Crippen LogP contribution is -2.56. The number of likely N-dealkylation sites (tertiary alicyclic amines) is 2. The second-order valence-electron chi connectivity index (χ2n) is 19.5. The number of hydrogen-bond acceptors (Lipinski definition) is 12. The van der Waals surface area contributed by atoms with Crippen molar-refractivity contribution < 1.29 is 28.8 Å². The number of likely N-dealkylation sites (N-methyl/N-ethyl adjacent to an activating group) is 2. The van der Waals surface area contributed by atoms with Gasteiger partial charge in [0.15, 0.2) is 0 Å².